The van der Waals surface area contributed by atoms with E-state index in [4.69, 9.17) is 4.42 Å². The average Bonchev–Trinajstić information content (AvgIpc) is 2.82. The molecule has 1 atom stereocenters. The third-order valence-corrected chi connectivity index (χ3v) is 3.61. The lowest BCUT2D eigenvalue weighted by Crippen LogP contribution is -2.12. The molecule has 0 bridgehead atoms. The number of rotatable bonds is 4. The second kappa shape index (κ2) is 5.49. The van der Waals surface area contributed by atoms with Gasteiger partial charge in [-0.1, -0.05) is 27.1 Å². The molecule has 2 rings (SSSR count). The van der Waals surface area contributed by atoms with Crippen molar-refractivity contribution < 1.29 is 4.42 Å². The van der Waals surface area contributed by atoms with Crippen molar-refractivity contribution in [1.29, 1.82) is 0 Å². The molecule has 0 aliphatic heterocycles. The van der Waals surface area contributed by atoms with Crippen molar-refractivity contribution in [3.05, 3.63) is 34.1 Å². The molecule has 1 aromatic carbocycles. The third kappa shape index (κ3) is 2.70. The fourth-order valence-electron chi connectivity index (χ4n) is 1.44. The molecule has 0 aliphatic carbocycles. The van der Waals surface area contributed by atoms with E-state index >= 15 is 0 Å². The summed E-state index contributed by atoms with van der Waals surface area (Å²) in [4.78, 5) is 0. The third-order valence-electron chi connectivity index (χ3n) is 2.75. The molecule has 2 aromatic rings. The summed E-state index contributed by atoms with van der Waals surface area (Å²) in [6.07, 6.45) is 0. The van der Waals surface area contributed by atoms with Gasteiger partial charge in [0.2, 0.25) is 5.89 Å². The second-order valence-corrected chi connectivity index (χ2v) is 4.85. The van der Waals surface area contributed by atoms with Gasteiger partial charge < -0.3 is 15.1 Å². The first-order valence-electron chi connectivity index (χ1n) is 5.64. The van der Waals surface area contributed by atoms with E-state index < -0.39 is 0 Å². The lowest BCUT2D eigenvalue weighted by Gasteiger charge is -2.07. The monoisotopic (exact) mass is 310 g/mol. The van der Waals surface area contributed by atoms with Gasteiger partial charge in [0.1, 0.15) is 0 Å². The maximum absolute atomic E-state index is 5.52. The standard InChI is InChI=1S/C12H15BrN4O/c1-7-9(13)5-4-6-10(7)15-12-17-16-11(18-12)8(2)14-3/h4-6,8,14H,1-3H3,(H,15,17). The predicted molar refractivity (Wildman–Crippen MR) is 73.9 cm³/mol. The zero-order valence-electron chi connectivity index (χ0n) is 10.5. The predicted octanol–water partition coefficient (Wildman–Crippen LogP) is 3.16. The Balaban J connectivity index is 2.19. The Labute approximate surface area is 114 Å². The highest BCUT2D eigenvalue weighted by Crippen LogP contribution is 2.26. The summed E-state index contributed by atoms with van der Waals surface area (Å²) >= 11 is 3.48. The van der Waals surface area contributed by atoms with E-state index in [2.05, 4.69) is 36.8 Å². The van der Waals surface area contributed by atoms with Crippen LogP contribution >= 0.6 is 15.9 Å². The number of nitrogens with one attached hydrogen (secondary N) is 2. The maximum atomic E-state index is 5.52. The SMILES string of the molecule is CNC(C)c1nnc(Nc2cccc(Br)c2C)o1. The van der Waals surface area contributed by atoms with Crippen LogP contribution in [0.1, 0.15) is 24.4 Å². The van der Waals surface area contributed by atoms with Gasteiger partial charge in [-0.15, -0.1) is 5.10 Å². The number of hydrogen-bond acceptors (Lipinski definition) is 5. The molecule has 2 N–H and O–H groups in total. The molecule has 96 valence electrons. The first kappa shape index (κ1) is 13.0. The van der Waals surface area contributed by atoms with Gasteiger partial charge in [0.15, 0.2) is 0 Å². The van der Waals surface area contributed by atoms with Crippen LogP contribution in [0.25, 0.3) is 0 Å². The summed E-state index contributed by atoms with van der Waals surface area (Å²) in [7, 11) is 1.85. The quantitative estimate of drug-likeness (QED) is 0.908. The smallest absolute Gasteiger partial charge is 0.320 e. The van der Waals surface area contributed by atoms with Gasteiger partial charge in [-0.25, -0.2) is 0 Å². The Bertz CT molecular complexity index is 541. The van der Waals surface area contributed by atoms with E-state index in [1.165, 1.54) is 0 Å². The van der Waals surface area contributed by atoms with Gasteiger partial charge in [-0.05, 0) is 38.6 Å². The van der Waals surface area contributed by atoms with E-state index in [1.807, 2.05) is 39.1 Å². The van der Waals surface area contributed by atoms with Crippen LogP contribution in [0.2, 0.25) is 0 Å². The van der Waals surface area contributed by atoms with E-state index in [0.717, 1.165) is 15.7 Å². The maximum Gasteiger partial charge on any atom is 0.320 e. The van der Waals surface area contributed by atoms with Crippen molar-refractivity contribution >= 4 is 27.6 Å². The van der Waals surface area contributed by atoms with Crippen LogP contribution < -0.4 is 10.6 Å². The molecule has 1 heterocycles. The second-order valence-electron chi connectivity index (χ2n) is 3.99. The molecule has 18 heavy (non-hydrogen) atoms. The van der Waals surface area contributed by atoms with Gasteiger partial charge in [0.05, 0.1) is 6.04 Å². The molecule has 0 radical (unpaired) electrons. The van der Waals surface area contributed by atoms with Crippen LogP contribution in [-0.2, 0) is 0 Å². The molecular weight excluding hydrogens is 296 g/mol. The minimum atomic E-state index is 0.0386. The fourth-order valence-corrected chi connectivity index (χ4v) is 1.81. The molecule has 0 saturated carbocycles. The highest BCUT2D eigenvalue weighted by molar-refractivity contribution is 9.10. The molecule has 0 amide bonds. The van der Waals surface area contributed by atoms with Gasteiger partial charge >= 0.3 is 6.01 Å². The van der Waals surface area contributed by atoms with Gasteiger partial charge in [-0.3, -0.25) is 0 Å². The summed E-state index contributed by atoms with van der Waals surface area (Å²) in [6, 6.07) is 6.34. The molecule has 1 unspecified atom stereocenters. The lowest BCUT2D eigenvalue weighted by atomic mass is 10.2. The molecule has 0 aliphatic rings. The zero-order valence-corrected chi connectivity index (χ0v) is 12.1. The molecule has 0 spiro atoms. The summed E-state index contributed by atoms with van der Waals surface area (Å²) in [5.41, 5.74) is 2.04. The Kier molecular flexibility index (Phi) is 3.98. The fraction of sp³-hybridized carbons (Fsp3) is 0.333. The number of hydrogen-bond donors (Lipinski definition) is 2. The van der Waals surface area contributed by atoms with Crippen molar-refractivity contribution in [1.82, 2.24) is 15.5 Å². The first-order valence-corrected chi connectivity index (χ1v) is 6.44. The number of anilines is 2. The summed E-state index contributed by atoms with van der Waals surface area (Å²) in [5.74, 6) is 0.563. The summed E-state index contributed by atoms with van der Waals surface area (Å²) in [6.45, 7) is 3.97. The Morgan fingerprint density at radius 3 is 2.83 bits per heavy atom. The molecule has 6 heteroatoms. The van der Waals surface area contributed by atoms with E-state index in [-0.39, 0.29) is 6.04 Å². The number of aromatic nitrogens is 2. The normalized spacial score (nSPS) is 12.4. The Morgan fingerprint density at radius 2 is 2.11 bits per heavy atom. The minimum absolute atomic E-state index is 0.0386. The number of benzene rings is 1. The molecular formula is C12H15BrN4O. The van der Waals surface area contributed by atoms with Crippen LogP contribution in [0, 0.1) is 6.92 Å². The van der Waals surface area contributed by atoms with E-state index in [1.54, 1.807) is 0 Å². The number of halogens is 1. The topological polar surface area (TPSA) is 63.0 Å². The highest BCUT2D eigenvalue weighted by atomic mass is 79.9. The van der Waals surface area contributed by atoms with Gasteiger partial charge in [0, 0.05) is 10.2 Å². The lowest BCUT2D eigenvalue weighted by molar-refractivity contribution is 0.443. The summed E-state index contributed by atoms with van der Waals surface area (Å²) in [5, 5.41) is 14.1. The van der Waals surface area contributed by atoms with Crippen LogP contribution in [0.3, 0.4) is 0 Å². The van der Waals surface area contributed by atoms with Crippen LogP contribution in [-0.4, -0.2) is 17.2 Å². The first-order chi connectivity index (χ1) is 8.61. The van der Waals surface area contributed by atoms with Crippen molar-refractivity contribution in [2.75, 3.05) is 12.4 Å². The zero-order chi connectivity index (χ0) is 13.1. The molecule has 0 saturated heterocycles. The largest absolute Gasteiger partial charge is 0.406 e. The van der Waals surface area contributed by atoms with Crippen molar-refractivity contribution in [3.63, 3.8) is 0 Å². The molecule has 1 aromatic heterocycles. The molecule has 0 fully saturated rings. The van der Waals surface area contributed by atoms with E-state index in [9.17, 15) is 0 Å². The number of nitrogens with zero attached hydrogens (tertiary/aromatic N) is 2. The Hall–Kier alpha value is -1.40. The highest BCUT2D eigenvalue weighted by Gasteiger charge is 2.12. The average molecular weight is 311 g/mol. The van der Waals surface area contributed by atoms with Crippen LogP contribution in [0.5, 0.6) is 0 Å². The van der Waals surface area contributed by atoms with Gasteiger partial charge in [0.25, 0.3) is 0 Å². The van der Waals surface area contributed by atoms with Crippen LogP contribution in [0.15, 0.2) is 27.1 Å². The Morgan fingerprint density at radius 1 is 1.33 bits per heavy atom. The summed E-state index contributed by atoms with van der Waals surface area (Å²) < 4.78 is 6.56. The van der Waals surface area contributed by atoms with Crippen LogP contribution in [0.4, 0.5) is 11.7 Å². The van der Waals surface area contributed by atoms with Gasteiger partial charge in [-0.2, -0.15) is 0 Å². The van der Waals surface area contributed by atoms with Crippen molar-refractivity contribution in [3.8, 4) is 0 Å². The van der Waals surface area contributed by atoms with Crippen molar-refractivity contribution in [2.24, 2.45) is 0 Å². The molecule has 5 nitrogen and oxygen atoms in total. The van der Waals surface area contributed by atoms with Crippen molar-refractivity contribution in [2.45, 2.75) is 19.9 Å². The van der Waals surface area contributed by atoms with E-state index in [0.29, 0.717) is 11.9 Å². The minimum Gasteiger partial charge on any atom is -0.406 e.